The first-order chi connectivity index (χ1) is 13.3. The minimum Gasteiger partial charge on any atom is -0.408 e. The summed E-state index contributed by atoms with van der Waals surface area (Å²) in [4.78, 5) is 23.3. The molecule has 0 spiro atoms. The van der Waals surface area contributed by atoms with Crippen molar-refractivity contribution in [2.75, 3.05) is 13.1 Å². The van der Waals surface area contributed by atoms with Gasteiger partial charge in [-0.3, -0.25) is 9.36 Å². The number of halogens is 1. The Morgan fingerprint density at radius 1 is 1.18 bits per heavy atom. The Morgan fingerprint density at radius 2 is 1.93 bits per heavy atom. The van der Waals surface area contributed by atoms with E-state index in [1.54, 1.807) is 6.07 Å². The van der Waals surface area contributed by atoms with Gasteiger partial charge in [-0.2, -0.15) is 0 Å². The molecule has 1 heterocycles. The molecule has 0 unspecified atom stereocenters. The van der Waals surface area contributed by atoms with E-state index in [0.717, 1.165) is 0 Å². The van der Waals surface area contributed by atoms with Gasteiger partial charge in [0.1, 0.15) is 5.82 Å². The van der Waals surface area contributed by atoms with Crippen LogP contribution in [0.4, 0.5) is 4.39 Å². The molecule has 0 bridgehead atoms. The maximum Gasteiger partial charge on any atom is 0.419 e. The summed E-state index contributed by atoms with van der Waals surface area (Å²) in [7, 11) is -2.28. The lowest BCUT2D eigenvalue weighted by Gasteiger charge is -2.08. The van der Waals surface area contributed by atoms with Crippen LogP contribution in [0.3, 0.4) is 0 Å². The maximum atomic E-state index is 13.5. The summed E-state index contributed by atoms with van der Waals surface area (Å²) in [5.74, 6) is -1.77. The van der Waals surface area contributed by atoms with Crippen molar-refractivity contribution in [3.63, 3.8) is 0 Å². The predicted octanol–water partition coefficient (Wildman–Crippen LogP) is 1.37. The zero-order chi connectivity index (χ0) is 20.3. The minimum atomic E-state index is -3.81. The van der Waals surface area contributed by atoms with E-state index in [4.69, 9.17) is 4.42 Å². The van der Waals surface area contributed by atoms with Gasteiger partial charge in [0.2, 0.25) is 10.0 Å². The molecule has 2 aromatic carbocycles. The minimum absolute atomic E-state index is 0.0373. The number of sulfonamides is 1. The van der Waals surface area contributed by atoms with Gasteiger partial charge in [0.05, 0.1) is 16.0 Å². The molecule has 1 amide bonds. The quantitative estimate of drug-likeness (QED) is 0.575. The highest BCUT2D eigenvalue weighted by molar-refractivity contribution is 7.89. The lowest BCUT2D eigenvalue weighted by Crippen LogP contribution is -2.30. The second-order valence-electron chi connectivity index (χ2n) is 6.04. The van der Waals surface area contributed by atoms with Gasteiger partial charge in [0, 0.05) is 26.2 Å². The Balaban J connectivity index is 1.55. The standard InChI is InChI=1S/C18H18FN3O5S/c1-22-15-8-7-12(11-16(15)27-18(22)24)28(25,26)21-10-4-9-20-17(23)13-5-2-3-6-14(13)19/h2-3,5-8,11,21H,4,9-10H2,1H3,(H,20,23). The molecule has 3 rings (SSSR count). The van der Waals surface area contributed by atoms with E-state index < -0.39 is 27.5 Å². The first kappa shape index (κ1) is 19.8. The molecule has 0 atom stereocenters. The summed E-state index contributed by atoms with van der Waals surface area (Å²) in [6, 6.07) is 9.73. The van der Waals surface area contributed by atoms with E-state index in [9.17, 15) is 22.4 Å². The first-order valence-electron chi connectivity index (χ1n) is 8.41. The molecule has 148 valence electrons. The number of aryl methyl sites for hydroxylation is 1. The van der Waals surface area contributed by atoms with E-state index in [1.807, 2.05) is 0 Å². The van der Waals surface area contributed by atoms with E-state index >= 15 is 0 Å². The van der Waals surface area contributed by atoms with Crippen LogP contribution < -0.4 is 15.8 Å². The van der Waals surface area contributed by atoms with E-state index in [1.165, 1.54) is 48.0 Å². The average Bonchev–Trinajstić information content (AvgIpc) is 2.95. The number of aromatic nitrogens is 1. The van der Waals surface area contributed by atoms with Crippen LogP contribution in [-0.4, -0.2) is 32.0 Å². The van der Waals surface area contributed by atoms with Gasteiger partial charge >= 0.3 is 5.76 Å². The highest BCUT2D eigenvalue weighted by Gasteiger charge is 2.16. The second kappa shape index (κ2) is 7.95. The van der Waals surface area contributed by atoms with Crippen LogP contribution in [0, 0.1) is 5.82 Å². The summed E-state index contributed by atoms with van der Waals surface area (Å²) < 4.78 is 46.9. The number of rotatable bonds is 7. The SMILES string of the molecule is Cn1c(=O)oc2cc(S(=O)(=O)NCCCNC(=O)c3ccccc3F)ccc21. The summed E-state index contributed by atoms with van der Waals surface area (Å²) in [6.45, 7) is 0.235. The third-order valence-corrected chi connectivity index (χ3v) is 5.58. The largest absolute Gasteiger partial charge is 0.419 e. The molecule has 8 nitrogen and oxygen atoms in total. The summed E-state index contributed by atoms with van der Waals surface area (Å²) in [6.07, 6.45) is 0.308. The van der Waals surface area contributed by atoms with Crippen LogP contribution in [0.2, 0.25) is 0 Å². The van der Waals surface area contributed by atoms with Crippen LogP contribution in [0.25, 0.3) is 11.1 Å². The van der Waals surface area contributed by atoms with E-state index in [0.29, 0.717) is 11.9 Å². The number of amides is 1. The predicted molar refractivity (Wildman–Crippen MR) is 100.0 cm³/mol. The number of hydrogen-bond donors (Lipinski definition) is 2. The van der Waals surface area contributed by atoms with Crippen LogP contribution in [0.1, 0.15) is 16.8 Å². The highest BCUT2D eigenvalue weighted by atomic mass is 32.2. The van der Waals surface area contributed by atoms with Gasteiger partial charge in [-0.25, -0.2) is 22.3 Å². The topological polar surface area (TPSA) is 110 Å². The van der Waals surface area contributed by atoms with Crippen molar-refractivity contribution in [3.05, 3.63) is 64.4 Å². The normalized spacial score (nSPS) is 11.6. The lowest BCUT2D eigenvalue weighted by atomic mass is 10.2. The van der Waals surface area contributed by atoms with Crippen molar-refractivity contribution in [3.8, 4) is 0 Å². The molecule has 28 heavy (non-hydrogen) atoms. The molecule has 3 aromatic rings. The van der Waals surface area contributed by atoms with Crippen molar-refractivity contribution in [1.82, 2.24) is 14.6 Å². The second-order valence-corrected chi connectivity index (χ2v) is 7.81. The van der Waals surface area contributed by atoms with Gasteiger partial charge < -0.3 is 9.73 Å². The van der Waals surface area contributed by atoms with Crippen LogP contribution >= 0.6 is 0 Å². The van der Waals surface area contributed by atoms with Gasteiger partial charge in [-0.1, -0.05) is 12.1 Å². The Labute approximate surface area is 160 Å². The highest BCUT2D eigenvalue weighted by Crippen LogP contribution is 2.17. The van der Waals surface area contributed by atoms with E-state index in [2.05, 4.69) is 10.0 Å². The maximum absolute atomic E-state index is 13.5. The number of fused-ring (bicyclic) bond motifs is 1. The van der Waals surface area contributed by atoms with Gasteiger partial charge in [-0.15, -0.1) is 0 Å². The lowest BCUT2D eigenvalue weighted by molar-refractivity contribution is 0.0949. The molecule has 1 aromatic heterocycles. The fourth-order valence-corrected chi connectivity index (χ4v) is 3.69. The summed E-state index contributed by atoms with van der Waals surface area (Å²) >= 11 is 0. The number of carbonyl (C=O) groups is 1. The van der Waals surface area contributed by atoms with Gasteiger partial charge in [-0.05, 0) is 30.7 Å². The van der Waals surface area contributed by atoms with Crippen LogP contribution in [0.15, 0.2) is 56.6 Å². The fourth-order valence-electron chi connectivity index (χ4n) is 2.60. The molecule has 0 aliphatic heterocycles. The van der Waals surface area contributed by atoms with Crippen molar-refractivity contribution >= 4 is 27.0 Å². The average molecular weight is 407 g/mol. The molecule has 10 heteroatoms. The number of hydrogen-bond acceptors (Lipinski definition) is 5. The van der Waals surface area contributed by atoms with Crippen molar-refractivity contribution in [2.45, 2.75) is 11.3 Å². The summed E-state index contributed by atoms with van der Waals surface area (Å²) in [5.41, 5.74) is 0.591. The van der Waals surface area contributed by atoms with Gasteiger partial charge in [0.15, 0.2) is 5.58 Å². The molecular weight excluding hydrogens is 389 g/mol. The molecule has 0 saturated heterocycles. The number of nitrogens with zero attached hydrogens (tertiary/aromatic N) is 1. The monoisotopic (exact) mass is 407 g/mol. The molecular formula is C18H18FN3O5S. The van der Waals surface area contributed by atoms with Crippen molar-refractivity contribution in [1.29, 1.82) is 0 Å². The van der Waals surface area contributed by atoms with Crippen LogP contribution in [-0.2, 0) is 17.1 Å². The molecule has 0 fully saturated rings. The molecule has 2 N–H and O–H groups in total. The fraction of sp³-hybridized carbons (Fsp3) is 0.222. The smallest absolute Gasteiger partial charge is 0.408 e. The van der Waals surface area contributed by atoms with Crippen molar-refractivity contribution in [2.24, 2.45) is 7.05 Å². The summed E-state index contributed by atoms with van der Waals surface area (Å²) in [5, 5.41) is 2.53. The number of carbonyl (C=O) groups excluding carboxylic acids is 1. The molecule has 0 aliphatic carbocycles. The Kier molecular flexibility index (Phi) is 5.61. The third kappa shape index (κ3) is 4.12. The molecule has 0 radical (unpaired) electrons. The Morgan fingerprint density at radius 3 is 2.68 bits per heavy atom. The van der Waals surface area contributed by atoms with Crippen molar-refractivity contribution < 1.29 is 22.0 Å². The zero-order valence-corrected chi connectivity index (χ0v) is 15.8. The number of oxazole rings is 1. The zero-order valence-electron chi connectivity index (χ0n) is 14.9. The Bertz CT molecular complexity index is 1180. The number of nitrogens with one attached hydrogen (secondary N) is 2. The Hall–Kier alpha value is -2.98. The number of benzene rings is 2. The van der Waals surface area contributed by atoms with Crippen LogP contribution in [0.5, 0.6) is 0 Å². The van der Waals surface area contributed by atoms with E-state index in [-0.39, 0.29) is 29.1 Å². The molecule has 0 aliphatic rings. The molecule has 0 saturated carbocycles. The third-order valence-electron chi connectivity index (χ3n) is 4.12. The first-order valence-corrected chi connectivity index (χ1v) is 9.90. The van der Waals surface area contributed by atoms with Gasteiger partial charge in [0.25, 0.3) is 5.91 Å².